The second-order valence-electron chi connectivity index (χ2n) is 8.05. The summed E-state index contributed by atoms with van der Waals surface area (Å²) in [6.07, 6.45) is 1.34. The molecule has 0 saturated heterocycles. The van der Waals surface area contributed by atoms with Gasteiger partial charge >= 0.3 is 0 Å². The summed E-state index contributed by atoms with van der Waals surface area (Å²) in [5, 5.41) is 0. The summed E-state index contributed by atoms with van der Waals surface area (Å²) in [6, 6.07) is 18.0. The molecule has 3 nitrogen and oxygen atoms in total. The maximum absolute atomic E-state index is 13.0. The van der Waals surface area contributed by atoms with Crippen LogP contribution in [0.2, 0.25) is 0 Å². The van der Waals surface area contributed by atoms with E-state index >= 15 is 0 Å². The molecule has 0 N–H and O–H groups in total. The van der Waals surface area contributed by atoms with Gasteiger partial charge in [0.05, 0.1) is 18.5 Å². The summed E-state index contributed by atoms with van der Waals surface area (Å²) in [7, 11) is 1.65. The van der Waals surface area contributed by atoms with Crippen LogP contribution in [0.5, 0.6) is 5.75 Å². The van der Waals surface area contributed by atoms with E-state index in [4.69, 9.17) is 9.72 Å². The van der Waals surface area contributed by atoms with Gasteiger partial charge in [-0.25, -0.2) is 0 Å². The number of methoxy groups -OCH3 is 1. The minimum absolute atomic E-state index is 0.0768. The lowest BCUT2D eigenvalue weighted by atomic mass is 9.74. The number of benzene rings is 2. The fraction of sp³-hybridized carbons (Fsp3) is 0.250. The first-order chi connectivity index (χ1) is 13.4. The van der Waals surface area contributed by atoms with Crippen LogP contribution in [-0.4, -0.2) is 17.9 Å². The normalized spacial score (nSPS) is 15.2. The molecule has 0 fully saturated rings. The molecule has 0 saturated carbocycles. The highest BCUT2D eigenvalue weighted by atomic mass is 79.9. The van der Waals surface area contributed by atoms with E-state index in [2.05, 4.69) is 29.8 Å². The highest BCUT2D eigenvalue weighted by molar-refractivity contribution is 9.10. The standard InChI is InChI=1S/C24H22BrNO2/c1-24(2)13-21-23(22(27)14-24)19(15-6-10-18(28-3)11-7-15)12-20(26-21)16-4-8-17(25)9-5-16/h4-12H,13-14H2,1-3H3. The summed E-state index contributed by atoms with van der Waals surface area (Å²) >= 11 is 3.49. The molecule has 0 aliphatic heterocycles. The van der Waals surface area contributed by atoms with Crippen molar-refractivity contribution in [2.45, 2.75) is 26.7 Å². The average Bonchev–Trinajstić information content (AvgIpc) is 2.66. The monoisotopic (exact) mass is 435 g/mol. The predicted molar refractivity (Wildman–Crippen MR) is 116 cm³/mol. The molecule has 1 heterocycles. The van der Waals surface area contributed by atoms with Gasteiger partial charge in [-0.05, 0) is 53.3 Å². The van der Waals surface area contributed by atoms with Crippen LogP contribution in [-0.2, 0) is 6.42 Å². The zero-order chi connectivity index (χ0) is 19.9. The van der Waals surface area contributed by atoms with E-state index < -0.39 is 0 Å². The number of nitrogens with zero attached hydrogens (tertiary/aromatic N) is 1. The van der Waals surface area contributed by atoms with E-state index in [9.17, 15) is 4.79 Å². The molecule has 0 radical (unpaired) electrons. The summed E-state index contributed by atoms with van der Waals surface area (Å²) in [5.41, 5.74) is 5.47. The number of hydrogen-bond donors (Lipinski definition) is 0. The molecule has 0 bridgehead atoms. The van der Waals surface area contributed by atoms with Gasteiger partial charge in [0.25, 0.3) is 0 Å². The summed E-state index contributed by atoms with van der Waals surface area (Å²) in [4.78, 5) is 18.0. The number of carbonyl (C=O) groups excluding carboxylic acids is 1. The molecule has 0 spiro atoms. The number of pyridine rings is 1. The average molecular weight is 436 g/mol. The molecule has 2 aromatic carbocycles. The fourth-order valence-electron chi connectivity index (χ4n) is 3.84. The van der Waals surface area contributed by atoms with Crippen LogP contribution < -0.4 is 4.74 Å². The first-order valence-corrected chi connectivity index (χ1v) is 10.1. The SMILES string of the molecule is COc1ccc(-c2cc(-c3ccc(Br)cc3)nc3c2C(=O)CC(C)(C)C3)cc1. The van der Waals surface area contributed by atoms with Gasteiger partial charge in [-0.3, -0.25) is 9.78 Å². The van der Waals surface area contributed by atoms with Gasteiger partial charge in [-0.2, -0.15) is 0 Å². The topological polar surface area (TPSA) is 39.2 Å². The van der Waals surface area contributed by atoms with E-state index in [1.807, 2.05) is 54.6 Å². The zero-order valence-electron chi connectivity index (χ0n) is 16.3. The van der Waals surface area contributed by atoms with Crippen molar-refractivity contribution < 1.29 is 9.53 Å². The highest BCUT2D eigenvalue weighted by Gasteiger charge is 2.34. The minimum Gasteiger partial charge on any atom is -0.497 e. The number of carbonyl (C=O) groups is 1. The van der Waals surface area contributed by atoms with Crippen LogP contribution in [0.3, 0.4) is 0 Å². The first kappa shape index (κ1) is 18.9. The molecule has 4 heteroatoms. The van der Waals surface area contributed by atoms with Crippen LogP contribution >= 0.6 is 15.9 Å². The molecule has 0 atom stereocenters. The number of rotatable bonds is 3. The van der Waals surface area contributed by atoms with Crippen molar-refractivity contribution in [3.8, 4) is 28.1 Å². The predicted octanol–water partition coefficient (Wildman–Crippen LogP) is 6.34. The quantitative estimate of drug-likeness (QED) is 0.481. The van der Waals surface area contributed by atoms with E-state index in [1.54, 1.807) is 7.11 Å². The lowest BCUT2D eigenvalue weighted by Crippen LogP contribution is -2.28. The van der Waals surface area contributed by atoms with Crippen LogP contribution in [0.25, 0.3) is 22.4 Å². The lowest BCUT2D eigenvalue weighted by molar-refractivity contribution is 0.0911. The Balaban J connectivity index is 1.93. The van der Waals surface area contributed by atoms with Crippen molar-refractivity contribution in [1.82, 2.24) is 4.98 Å². The lowest BCUT2D eigenvalue weighted by Gasteiger charge is -2.31. The van der Waals surface area contributed by atoms with Crippen LogP contribution in [0.15, 0.2) is 59.1 Å². The number of fused-ring (bicyclic) bond motifs is 1. The van der Waals surface area contributed by atoms with Crippen molar-refractivity contribution in [3.05, 3.63) is 70.3 Å². The minimum atomic E-state index is -0.0768. The van der Waals surface area contributed by atoms with Crippen LogP contribution in [0.1, 0.15) is 36.3 Å². The van der Waals surface area contributed by atoms with Gasteiger partial charge in [0.15, 0.2) is 5.78 Å². The number of halogens is 1. The third-order valence-electron chi connectivity index (χ3n) is 5.20. The molecule has 3 aromatic rings. The van der Waals surface area contributed by atoms with Crippen molar-refractivity contribution in [2.24, 2.45) is 5.41 Å². The molecule has 1 aliphatic carbocycles. The molecule has 1 aromatic heterocycles. The van der Waals surface area contributed by atoms with E-state index in [0.717, 1.165) is 50.3 Å². The molecule has 0 unspecified atom stereocenters. The Morgan fingerprint density at radius 1 is 0.964 bits per heavy atom. The van der Waals surface area contributed by atoms with Crippen molar-refractivity contribution >= 4 is 21.7 Å². The Labute approximate surface area is 173 Å². The summed E-state index contributed by atoms with van der Waals surface area (Å²) < 4.78 is 6.32. The Hall–Kier alpha value is -2.46. The van der Waals surface area contributed by atoms with Gasteiger partial charge in [-0.1, -0.05) is 54.0 Å². The Morgan fingerprint density at radius 3 is 2.25 bits per heavy atom. The highest BCUT2D eigenvalue weighted by Crippen LogP contribution is 2.40. The first-order valence-electron chi connectivity index (χ1n) is 9.34. The second-order valence-corrected chi connectivity index (χ2v) is 8.97. The Kier molecular flexibility index (Phi) is 4.84. The number of hydrogen-bond acceptors (Lipinski definition) is 3. The number of ether oxygens (including phenoxy) is 1. The summed E-state index contributed by atoms with van der Waals surface area (Å²) in [6.45, 7) is 4.27. The fourth-order valence-corrected chi connectivity index (χ4v) is 4.11. The largest absolute Gasteiger partial charge is 0.497 e. The number of aromatic nitrogens is 1. The van der Waals surface area contributed by atoms with Crippen LogP contribution in [0, 0.1) is 5.41 Å². The number of ketones is 1. The zero-order valence-corrected chi connectivity index (χ0v) is 17.8. The van der Waals surface area contributed by atoms with Gasteiger partial charge in [0.2, 0.25) is 0 Å². The maximum Gasteiger partial charge on any atom is 0.165 e. The van der Waals surface area contributed by atoms with E-state index in [1.165, 1.54) is 0 Å². The van der Waals surface area contributed by atoms with Crippen molar-refractivity contribution in [3.63, 3.8) is 0 Å². The smallest absolute Gasteiger partial charge is 0.165 e. The Bertz CT molecular complexity index is 1040. The number of Topliss-reactive ketones (excluding diaryl/α,β-unsaturated/α-hetero) is 1. The third-order valence-corrected chi connectivity index (χ3v) is 5.73. The van der Waals surface area contributed by atoms with Crippen molar-refractivity contribution in [2.75, 3.05) is 7.11 Å². The Morgan fingerprint density at radius 2 is 1.61 bits per heavy atom. The molecule has 1 aliphatic rings. The molecule has 142 valence electrons. The van der Waals surface area contributed by atoms with Crippen LogP contribution in [0.4, 0.5) is 0 Å². The maximum atomic E-state index is 13.0. The molecular formula is C24H22BrNO2. The van der Waals surface area contributed by atoms with Crippen molar-refractivity contribution in [1.29, 1.82) is 0 Å². The van der Waals surface area contributed by atoms with E-state index in [0.29, 0.717) is 6.42 Å². The molecule has 28 heavy (non-hydrogen) atoms. The molecule has 0 amide bonds. The third kappa shape index (κ3) is 3.61. The van der Waals surface area contributed by atoms with Gasteiger partial charge in [0.1, 0.15) is 5.75 Å². The van der Waals surface area contributed by atoms with Gasteiger partial charge in [-0.15, -0.1) is 0 Å². The van der Waals surface area contributed by atoms with Gasteiger partial charge < -0.3 is 4.74 Å². The molecular weight excluding hydrogens is 414 g/mol. The van der Waals surface area contributed by atoms with E-state index in [-0.39, 0.29) is 11.2 Å². The summed E-state index contributed by atoms with van der Waals surface area (Å²) in [5.74, 6) is 0.971. The molecule has 4 rings (SSSR count). The van der Waals surface area contributed by atoms with Gasteiger partial charge in [0, 0.05) is 22.0 Å². The second kappa shape index (κ2) is 7.17.